The highest BCUT2D eigenvalue weighted by Gasteiger charge is 2.21. The second-order valence-electron chi connectivity index (χ2n) is 9.60. The van der Waals surface area contributed by atoms with Crippen LogP contribution in [0.1, 0.15) is 18.1 Å². The molecule has 3 heterocycles. The molecule has 2 N–H and O–H groups in total. The van der Waals surface area contributed by atoms with Crippen LogP contribution in [0.3, 0.4) is 0 Å². The van der Waals surface area contributed by atoms with Crippen molar-refractivity contribution in [1.29, 1.82) is 0 Å². The Bertz CT molecular complexity index is 1540. The third-order valence-electron chi connectivity index (χ3n) is 7.05. The molecule has 0 radical (unpaired) electrons. The highest BCUT2D eigenvalue weighted by Crippen LogP contribution is 2.42. The predicted octanol–water partition coefficient (Wildman–Crippen LogP) is 5.65. The van der Waals surface area contributed by atoms with Crippen LogP contribution in [0, 0.1) is 6.92 Å². The number of hydrogen-bond acceptors (Lipinski definition) is 4. The summed E-state index contributed by atoms with van der Waals surface area (Å²) in [5.74, 6) is -0.130. The number of aromatic nitrogens is 2. The van der Waals surface area contributed by atoms with Crippen molar-refractivity contribution >= 4 is 40.1 Å². The molecule has 1 aliphatic heterocycles. The zero-order valence-electron chi connectivity index (χ0n) is 21.6. The summed E-state index contributed by atoms with van der Waals surface area (Å²) in [6.07, 6.45) is 2.95. The zero-order chi connectivity index (χ0) is 26.8. The van der Waals surface area contributed by atoms with Crippen molar-refractivity contribution in [1.82, 2.24) is 19.8 Å². The third kappa shape index (κ3) is 5.21. The lowest BCUT2D eigenvalue weighted by atomic mass is 9.96. The molecule has 38 heavy (non-hydrogen) atoms. The first-order chi connectivity index (χ1) is 18.3. The van der Waals surface area contributed by atoms with Gasteiger partial charge in [-0.15, -0.1) is 0 Å². The standard InChI is InChI=1S/C30H30ClN5O2/c1-4-26(38)33-25-17-22(9-8-19(25)2)27-28-24(31)10-11-32-30(28)34-29(27)23-7-5-6-21(16-23)18-35-12-14-36(15-13-35)20(3)37/h4-11,16-17H,1,12-15,18H2,2-3H3,(H,32,34)(H,33,38). The van der Waals surface area contributed by atoms with Crippen molar-refractivity contribution < 1.29 is 9.59 Å². The number of carbonyl (C=O) groups is 2. The van der Waals surface area contributed by atoms with Gasteiger partial charge in [-0.2, -0.15) is 0 Å². The number of rotatable bonds is 6. The Hall–Kier alpha value is -3.94. The maximum Gasteiger partial charge on any atom is 0.247 e. The second kappa shape index (κ2) is 10.8. The first-order valence-corrected chi connectivity index (χ1v) is 13.0. The number of nitrogens with zero attached hydrogens (tertiary/aromatic N) is 3. The van der Waals surface area contributed by atoms with Gasteiger partial charge in [0.2, 0.25) is 11.8 Å². The maximum atomic E-state index is 12.0. The number of benzene rings is 2. The maximum absolute atomic E-state index is 12.0. The van der Waals surface area contributed by atoms with Gasteiger partial charge in [-0.3, -0.25) is 14.5 Å². The van der Waals surface area contributed by atoms with Gasteiger partial charge in [0.25, 0.3) is 0 Å². The van der Waals surface area contributed by atoms with E-state index in [0.29, 0.717) is 16.4 Å². The fraction of sp³-hybridized carbons (Fsp3) is 0.233. The van der Waals surface area contributed by atoms with Crippen molar-refractivity contribution in [2.45, 2.75) is 20.4 Å². The lowest BCUT2D eigenvalue weighted by molar-refractivity contribution is -0.130. The molecule has 1 aliphatic rings. The van der Waals surface area contributed by atoms with E-state index in [4.69, 9.17) is 11.6 Å². The zero-order valence-corrected chi connectivity index (χ0v) is 22.3. The van der Waals surface area contributed by atoms with Gasteiger partial charge in [0, 0.05) is 62.5 Å². The Morgan fingerprint density at radius 3 is 2.63 bits per heavy atom. The Kier molecular flexibility index (Phi) is 7.31. The highest BCUT2D eigenvalue weighted by molar-refractivity contribution is 6.36. The van der Waals surface area contributed by atoms with E-state index in [1.165, 1.54) is 11.6 Å². The summed E-state index contributed by atoms with van der Waals surface area (Å²) >= 11 is 6.71. The van der Waals surface area contributed by atoms with E-state index in [2.05, 4.69) is 51.0 Å². The molecule has 0 aliphatic carbocycles. The summed E-state index contributed by atoms with van der Waals surface area (Å²) in [5, 5.41) is 4.34. The lowest BCUT2D eigenvalue weighted by Gasteiger charge is -2.34. The van der Waals surface area contributed by atoms with Gasteiger partial charge in [-0.1, -0.05) is 48.5 Å². The summed E-state index contributed by atoms with van der Waals surface area (Å²) in [6, 6.07) is 16.2. The molecule has 0 bridgehead atoms. The van der Waals surface area contributed by atoms with E-state index in [-0.39, 0.29) is 11.8 Å². The third-order valence-corrected chi connectivity index (χ3v) is 7.37. The molecule has 8 heteroatoms. The summed E-state index contributed by atoms with van der Waals surface area (Å²) in [4.78, 5) is 36.0. The molecule has 1 saturated heterocycles. The number of anilines is 1. The molecule has 0 spiro atoms. The number of H-pyrrole nitrogens is 1. The number of piperazine rings is 1. The molecule has 4 aromatic rings. The van der Waals surface area contributed by atoms with Gasteiger partial charge < -0.3 is 15.2 Å². The minimum Gasteiger partial charge on any atom is -0.340 e. The van der Waals surface area contributed by atoms with Crippen LogP contribution in [0.2, 0.25) is 5.02 Å². The van der Waals surface area contributed by atoms with Gasteiger partial charge >= 0.3 is 0 Å². The molecule has 2 amide bonds. The molecule has 2 aromatic heterocycles. The minimum absolute atomic E-state index is 0.133. The number of amides is 2. The number of carbonyl (C=O) groups excluding carboxylic acids is 2. The van der Waals surface area contributed by atoms with E-state index in [1.807, 2.05) is 30.0 Å². The van der Waals surface area contributed by atoms with Crippen molar-refractivity contribution in [2.75, 3.05) is 31.5 Å². The van der Waals surface area contributed by atoms with Crippen LogP contribution in [0.25, 0.3) is 33.4 Å². The monoisotopic (exact) mass is 527 g/mol. The smallest absolute Gasteiger partial charge is 0.247 e. The SMILES string of the molecule is C=CC(=O)Nc1cc(-c2c(-c3cccc(CN4CCN(C(C)=O)CC4)c3)[nH]c3nccc(Cl)c23)ccc1C. The fourth-order valence-corrected chi connectivity index (χ4v) is 5.22. The average Bonchev–Trinajstić information content (AvgIpc) is 3.31. The van der Waals surface area contributed by atoms with Gasteiger partial charge in [-0.05, 0) is 53.5 Å². The number of aryl methyl sites for hydroxylation is 1. The molecular formula is C30H30ClN5O2. The highest BCUT2D eigenvalue weighted by atomic mass is 35.5. The molecule has 194 valence electrons. The van der Waals surface area contributed by atoms with Gasteiger partial charge in [-0.25, -0.2) is 4.98 Å². The largest absolute Gasteiger partial charge is 0.340 e. The number of halogens is 1. The topological polar surface area (TPSA) is 81.3 Å². The van der Waals surface area contributed by atoms with Gasteiger partial charge in [0.15, 0.2) is 0 Å². The first kappa shape index (κ1) is 25.7. The molecule has 0 saturated carbocycles. The van der Waals surface area contributed by atoms with Crippen LogP contribution in [0.4, 0.5) is 5.69 Å². The van der Waals surface area contributed by atoms with E-state index in [9.17, 15) is 9.59 Å². The quantitative estimate of drug-likeness (QED) is 0.318. The van der Waals surface area contributed by atoms with Crippen molar-refractivity contribution in [2.24, 2.45) is 0 Å². The number of nitrogens with one attached hydrogen (secondary N) is 2. The Balaban J connectivity index is 1.54. The second-order valence-corrected chi connectivity index (χ2v) is 10.0. The van der Waals surface area contributed by atoms with E-state index < -0.39 is 0 Å². The number of hydrogen-bond donors (Lipinski definition) is 2. The van der Waals surface area contributed by atoms with Crippen LogP contribution in [-0.2, 0) is 16.1 Å². The Morgan fingerprint density at radius 2 is 1.89 bits per heavy atom. The van der Waals surface area contributed by atoms with E-state index >= 15 is 0 Å². The first-order valence-electron chi connectivity index (χ1n) is 12.6. The van der Waals surface area contributed by atoms with E-state index in [0.717, 1.165) is 66.1 Å². The molecule has 0 atom stereocenters. The van der Waals surface area contributed by atoms with Crippen molar-refractivity contribution in [3.8, 4) is 22.4 Å². The van der Waals surface area contributed by atoms with Crippen LogP contribution in [0.5, 0.6) is 0 Å². The summed E-state index contributed by atoms with van der Waals surface area (Å²) in [5.41, 5.74) is 7.32. The molecule has 7 nitrogen and oxygen atoms in total. The summed E-state index contributed by atoms with van der Waals surface area (Å²) < 4.78 is 0. The van der Waals surface area contributed by atoms with Crippen LogP contribution in [-0.4, -0.2) is 57.8 Å². The average molecular weight is 528 g/mol. The Morgan fingerprint density at radius 1 is 1.11 bits per heavy atom. The normalized spacial score (nSPS) is 14.0. The predicted molar refractivity (Wildman–Crippen MR) is 153 cm³/mol. The number of aromatic amines is 1. The molecule has 5 rings (SSSR count). The minimum atomic E-state index is -0.263. The van der Waals surface area contributed by atoms with E-state index in [1.54, 1.807) is 19.2 Å². The van der Waals surface area contributed by atoms with Crippen molar-refractivity contribution in [3.63, 3.8) is 0 Å². The van der Waals surface area contributed by atoms with Crippen LogP contribution >= 0.6 is 11.6 Å². The fourth-order valence-electron chi connectivity index (χ4n) is 4.98. The summed E-state index contributed by atoms with van der Waals surface area (Å²) in [7, 11) is 0. The number of fused-ring (bicyclic) bond motifs is 1. The Labute approximate surface area is 227 Å². The van der Waals surface area contributed by atoms with Gasteiger partial charge in [0.05, 0.1) is 10.7 Å². The molecular weight excluding hydrogens is 498 g/mol. The molecule has 0 unspecified atom stereocenters. The van der Waals surface area contributed by atoms with Crippen molar-refractivity contribution in [3.05, 3.63) is 83.5 Å². The van der Waals surface area contributed by atoms with Crippen LogP contribution in [0.15, 0.2) is 67.4 Å². The van der Waals surface area contributed by atoms with Crippen LogP contribution < -0.4 is 5.32 Å². The van der Waals surface area contributed by atoms with Gasteiger partial charge in [0.1, 0.15) is 5.65 Å². The number of pyridine rings is 1. The molecule has 2 aromatic carbocycles. The summed E-state index contributed by atoms with van der Waals surface area (Å²) in [6.45, 7) is 11.2. The molecule has 1 fully saturated rings. The lowest BCUT2D eigenvalue weighted by Crippen LogP contribution is -2.47.